The SMILES string of the molecule is C=C(/N=C(/Cl)C(/N=C\C)=C(C)C)NC(=O)C(C)C. The standard InChI is InChI=1S/C13H20ClN3O/c1-7-15-11(8(2)3)12(14)16-10(6)17-13(18)9(4)5/h7,9H,6H2,1-5H3,(H,17,18)/b15-7-,16-12+. The highest BCUT2D eigenvalue weighted by atomic mass is 35.5. The van der Waals surface area contributed by atoms with Gasteiger partial charge in [-0.3, -0.25) is 9.79 Å². The summed E-state index contributed by atoms with van der Waals surface area (Å²) < 4.78 is 0. The Bertz CT molecular complexity index is 416. The molecule has 0 atom stereocenters. The van der Waals surface area contributed by atoms with Gasteiger partial charge in [0.15, 0.2) is 5.17 Å². The van der Waals surface area contributed by atoms with Crippen molar-refractivity contribution >= 4 is 28.9 Å². The molecule has 0 bridgehead atoms. The van der Waals surface area contributed by atoms with Gasteiger partial charge in [0.05, 0.1) is 5.70 Å². The first-order valence-electron chi connectivity index (χ1n) is 5.70. The highest BCUT2D eigenvalue weighted by Gasteiger charge is 2.09. The predicted octanol–water partition coefficient (Wildman–Crippen LogP) is 3.25. The Kier molecular flexibility index (Phi) is 7.20. The number of hydrogen-bond donors (Lipinski definition) is 1. The van der Waals surface area contributed by atoms with Crippen LogP contribution in [0.15, 0.2) is 33.7 Å². The zero-order valence-corrected chi connectivity index (χ0v) is 12.3. The van der Waals surface area contributed by atoms with E-state index < -0.39 is 0 Å². The van der Waals surface area contributed by atoms with Gasteiger partial charge in [-0.05, 0) is 26.3 Å². The van der Waals surface area contributed by atoms with E-state index in [4.69, 9.17) is 11.6 Å². The maximum absolute atomic E-state index is 11.4. The lowest BCUT2D eigenvalue weighted by molar-refractivity contribution is -0.123. The molecule has 1 N–H and O–H groups in total. The van der Waals surface area contributed by atoms with Gasteiger partial charge < -0.3 is 5.32 Å². The summed E-state index contributed by atoms with van der Waals surface area (Å²) in [5, 5.41) is 2.78. The lowest BCUT2D eigenvalue weighted by Gasteiger charge is -2.08. The minimum Gasteiger partial charge on any atom is -0.311 e. The molecule has 0 saturated heterocycles. The van der Waals surface area contributed by atoms with Crippen LogP contribution in [0.25, 0.3) is 0 Å². The molecular weight excluding hydrogens is 250 g/mol. The molecule has 100 valence electrons. The summed E-state index contributed by atoms with van der Waals surface area (Å²) >= 11 is 6.04. The molecule has 5 heteroatoms. The maximum atomic E-state index is 11.4. The lowest BCUT2D eigenvalue weighted by Crippen LogP contribution is -2.26. The second kappa shape index (κ2) is 7.82. The molecular formula is C13H20ClN3O. The highest BCUT2D eigenvalue weighted by Crippen LogP contribution is 2.12. The van der Waals surface area contributed by atoms with Crippen molar-refractivity contribution in [3.63, 3.8) is 0 Å². The van der Waals surface area contributed by atoms with Crippen LogP contribution in [0.4, 0.5) is 0 Å². The van der Waals surface area contributed by atoms with Crippen LogP contribution in [0.5, 0.6) is 0 Å². The topological polar surface area (TPSA) is 53.8 Å². The number of nitrogens with zero attached hydrogens (tertiary/aromatic N) is 2. The number of carbonyl (C=O) groups excluding carboxylic acids is 1. The van der Waals surface area contributed by atoms with Gasteiger partial charge in [-0.15, -0.1) is 0 Å². The molecule has 0 aliphatic carbocycles. The highest BCUT2D eigenvalue weighted by molar-refractivity contribution is 6.69. The minimum absolute atomic E-state index is 0.132. The Hall–Kier alpha value is -1.42. The Labute approximate surface area is 114 Å². The molecule has 0 radical (unpaired) electrons. The van der Waals surface area contributed by atoms with Gasteiger partial charge in [-0.1, -0.05) is 32.0 Å². The molecule has 0 aromatic carbocycles. The van der Waals surface area contributed by atoms with E-state index >= 15 is 0 Å². The fourth-order valence-electron chi connectivity index (χ4n) is 1.00. The van der Waals surface area contributed by atoms with Crippen LogP contribution in [0.3, 0.4) is 0 Å². The Morgan fingerprint density at radius 3 is 2.33 bits per heavy atom. The number of hydrogen-bond acceptors (Lipinski definition) is 3. The Morgan fingerprint density at radius 2 is 1.94 bits per heavy atom. The molecule has 0 saturated carbocycles. The summed E-state index contributed by atoms with van der Waals surface area (Å²) in [6.07, 6.45) is 1.63. The van der Waals surface area contributed by atoms with Crippen molar-refractivity contribution in [2.75, 3.05) is 0 Å². The third kappa shape index (κ3) is 5.77. The van der Waals surface area contributed by atoms with Gasteiger partial charge in [-0.25, -0.2) is 4.99 Å². The van der Waals surface area contributed by atoms with Gasteiger partial charge in [-0.2, -0.15) is 0 Å². The summed E-state index contributed by atoms with van der Waals surface area (Å²) in [5.41, 5.74) is 1.52. The summed E-state index contributed by atoms with van der Waals surface area (Å²) in [6.45, 7) is 12.8. The normalized spacial score (nSPS) is 11.8. The van der Waals surface area contributed by atoms with Crippen molar-refractivity contribution in [3.8, 4) is 0 Å². The van der Waals surface area contributed by atoms with Crippen molar-refractivity contribution in [1.29, 1.82) is 0 Å². The quantitative estimate of drug-likeness (QED) is 0.766. The van der Waals surface area contributed by atoms with E-state index in [1.54, 1.807) is 27.0 Å². The van der Waals surface area contributed by atoms with Crippen molar-refractivity contribution in [2.45, 2.75) is 34.6 Å². The zero-order chi connectivity index (χ0) is 14.3. The van der Waals surface area contributed by atoms with Gasteiger partial charge in [0, 0.05) is 12.1 Å². The fourth-order valence-corrected chi connectivity index (χ4v) is 1.34. The largest absolute Gasteiger partial charge is 0.311 e. The van der Waals surface area contributed by atoms with Crippen LogP contribution in [0.2, 0.25) is 0 Å². The molecule has 0 unspecified atom stereocenters. The first-order valence-corrected chi connectivity index (χ1v) is 6.07. The van der Waals surface area contributed by atoms with Crippen molar-refractivity contribution in [3.05, 3.63) is 23.7 Å². The molecule has 1 amide bonds. The molecule has 0 aromatic heterocycles. The molecule has 0 heterocycles. The van der Waals surface area contributed by atoms with E-state index in [0.717, 1.165) is 5.57 Å². The van der Waals surface area contributed by atoms with Gasteiger partial charge in [0.2, 0.25) is 5.91 Å². The number of nitrogens with one attached hydrogen (secondary N) is 1. The summed E-state index contributed by atoms with van der Waals surface area (Å²) in [6, 6.07) is 0. The number of aliphatic imine (C=N–C) groups is 2. The second-order valence-corrected chi connectivity index (χ2v) is 4.59. The molecule has 0 fully saturated rings. The van der Waals surface area contributed by atoms with Crippen molar-refractivity contribution in [2.24, 2.45) is 15.9 Å². The monoisotopic (exact) mass is 269 g/mol. The number of allylic oxidation sites excluding steroid dienone is 2. The van der Waals surface area contributed by atoms with Gasteiger partial charge in [0.1, 0.15) is 5.82 Å². The number of halogens is 1. The first-order chi connectivity index (χ1) is 8.29. The summed E-state index contributed by atoms with van der Waals surface area (Å²) in [5.74, 6) is -0.0676. The fraction of sp³-hybridized carbons (Fsp3) is 0.462. The van der Waals surface area contributed by atoms with E-state index in [-0.39, 0.29) is 22.8 Å². The first kappa shape index (κ1) is 16.6. The van der Waals surface area contributed by atoms with Crippen LogP contribution in [0, 0.1) is 5.92 Å². The molecule has 0 aliphatic rings. The van der Waals surface area contributed by atoms with E-state index in [1.807, 2.05) is 13.8 Å². The average Bonchev–Trinajstić information content (AvgIpc) is 2.24. The number of carbonyl (C=O) groups is 1. The molecule has 0 aromatic rings. The molecule has 0 spiro atoms. The summed E-state index contributed by atoms with van der Waals surface area (Å²) in [4.78, 5) is 19.6. The molecule has 18 heavy (non-hydrogen) atoms. The minimum atomic E-state index is -0.147. The average molecular weight is 270 g/mol. The van der Waals surface area contributed by atoms with Crippen LogP contribution in [-0.4, -0.2) is 17.3 Å². The van der Waals surface area contributed by atoms with E-state index in [9.17, 15) is 4.79 Å². The Balaban J connectivity index is 4.93. The zero-order valence-electron chi connectivity index (χ0n) is 11.5. The third-order valence-electron chi connectivity index (χ3n) is 1.95. The molecule has 0 rings (SSSR count). The third-order valence-corrected chi connectivity index (χ3v) is 2.22. The Morgan fingerprint density at radius 1 is 1.39 bits per heavy atom. The van der Waals surface area contributed by atoms with Crippen LogP contribution < -0.4 is 5.32 Å². The van der Waals surface area contributed by atoms with Gasteiger partial charge >= 0.3 is 0 Å². The molecule has 0 aliphatic heterocycles. The smallest absolute Gasteiger partial charge is 0.228 e. The van der Waals surface area contributed by atoms with E-state index in [2.05, 4.69) is 21.9 Å². The van der Waals surface area contributed by atoms with E-state index in [1.165, 1.54) is 0 Å². The predicted molar refractivity (Wildman–Crippen MR) is 77.9 cm³/mol. The van der Waals surface area contributed by atoms with Crippen LogP contribution in [0.1, 0.15) is 34.6 Å². The van der Waals surface area contributed by atoms with E-state index in [0.29, 0.717) is 5.70 Å². The van der Waals surface area contributed by atoms with Crippen molar-refractivity contribution < 1.29 is 4.79 Å². The van der Waals surface area contributed by atoms with Crippen LogP contribution >= 0.6 is 11.6 Å². The number of amides is 1. The lowest BCUT2D eigenvalue weighted by atomic mass is 10.2. The van der Waals surface area contributed by atoms with Crippen molar-refractivity contribution in [1.82, 2.24) is 5.32 Å². The summed E-state index contributed by atoms with van der Waals surface area (Å²) in [7, 11) is 0. The van der Waals surface area contributed by atoms with Crippen LogP contribution in [-0.2, 0) is 4.79 Å². The maximum Gasteiger partial charge on any atom is 0.228 e. The number of rotatable bonds is 5. The second-order valence-electron chi connectivity index (χ2n) is 4.23. The van der Waals surface area contributed by atoms with Gasteiger partial charge in [0.25, 0.3) is 0 Å². The molecule has 4 nitrogen and oxygen atoms in total.